The zero-order valence-corrected chi connectivity index (χ0v) is 9.32. The maximum atomic E-state index is 11.6. The van der Waals surface area contributed by atoms with E-state index in [0.29, 0.717) is 18.8 Å². The molecule has 0 aliphatic rings. The average molecular weight is 211 g/mol. The van der Waals surface area contributed by atoms with Crippen LogP contribution >= 0.6 is 0 Å². The van der Waals surface area contributed by atoms with Crippen molar-refractivity contribution in [2.45, 2.75) is 32.9 Å². The first-order chi connectivity index (χ1) is 6.92. The molecule has 0 aromatic carbocycles. The monoisotopic (exact) mass is 211 g/mol. The maximum Gasteiger partial charge on any atom is 0.273 e. The summed E-state index contributed by atoms with van der Waals surface area (Å²) in [5.41, 5.74) is 5.41. The lowest BCUT2D eigenvalue weighted by molar-refractivity contribution is 0.0914. The van der Waals surface area contributed by atoms with Crippen LogP contribution in [0.5, 0.6) is 0 Å². The predicted molar refractivity (Wildman–Crippen MR) is 56.3 cm³/mol. The van der Waals surface area contributed by atoms with Crippen LogP contribution in [0.2, 0.25) is 0 Å². The lowest BCUT2D eigenvalue weighted by Gasteiger charge is -2.19. The number of amides is 1. The predicted octanol–water partition coefficient (Wildman–Crippen LogP) is -0.235. The van der Waals surface area contributed by atoms with Crippen LogP contribution in [0.4, 0.5) is 0 Å². The SMILES string of the molecule is CC(C)(C)NC(=O)c1cn(CCN)nn1. The van der Waals surface area contributed by atoms with Crippen molar-refractivity contribution in [1.29, 1.82) is 0 Å². The highest BCUT2D eigenvalue weighted by molar-refractivity contribution is 5.92. The van der Waals surface area contributed by atoms with Crippen molar-refractivity contribution in [3.8, 4) is 0 Å². The van der Waals surface area contributed by atoms with Crippen molar-refractivity contribution < 1.29 is 4.79 Å². The summed E-state index contributed by atoms with van der Waals surface area (Å²) in [6, 6.07) is 0. The molecule has 1 rings (SSSR count). The van der Waals surface area contributed by atoms with Gasteiger partial charge in [-0.1, -0.05) is 5.21 Å². The highest BCUT2D eigenvalue weighted by atomic mass is 16.2. The largest absolute Gasteiger partial charge is 0.346 e. The topological polar surface area (TPSA) is 85.8 Å². The molecule has 0 spiro atoms. The Labute approximate surface area is 88.8 Å². The zero-order chi connectivity index (χ0) is 11.5. The van der Waals surface area contributed by atoms with E-state index in [1.165, 1.54) is 0 Å². The molecule has 1 aromatic heterocycles. The van der Waals surface area contributed by atoms with Gasteiger partial charge < -0.3 is 11.1 Å². The Morgan fingerprint density at radius 3 is 2.80 bits per heavy atom. The van der Waals surface area contributed by atoms with Gasteiger partial charge in [-0.25, -0.2) is 0 Å². The molecule has 1 aromatic rings. The summed E-state index contributed by atoms with van der Waals surface area (Å²) in [6.07, 6.45) is 1.59. The number of nitrogens with one attached hydrogen (secondary N) is 1. The molecule has 6 heteroatoms. The fourth-order valence-electron chi connectivity index (χ4n) is 1.05. The van der Waals surface area contributed by atoms with Crippen LogP contribution in [0.25, 0.3) is 0 Å². The lowest BCUT2D eigenvalue weighted by Crippen LogP contribution is -2.40. The lowest BCUT2D eigenvalue weighted by atomic mass is 10.1. The number of rotatable bonds is 3. The normalized spacial score (nSPS) is 11.5. The maximum absolute atomic E-state index is 11.6. The van der Waals surface area contributed by atoms with E-state index in [4.69, 9.17) is 5.73 Å². The quantitative estimate of drug-likeness (QED) is 0.722. The standard InChI is InChI=1S/C9H17N5O/c1-9(2,3)11-8(15)7-6-14(5-4-10)13-12-7/h6H,4-5,10H2,1-3H3,(H,11,15). The van der Waals surface area contributed by atoms with Gasteiger partial charge >= 0.3 is 0 Å². The summed E-state index contributed by atoms with van der Waals surface area (Å²) in [6.45, 7) is 6.78. The summed E-state index contributed by atoms with van der Waals surface area (Å²) in [7, 11) is 0. The third-order valence-corrected chi connectivity index (χ3v) is 1.62. The van der Waals surface area contributed by atoms with E-state index in [2.05, 4.69) is 15.6 Å². The minimum Gasteiger partial charge on any atom is -0.346 e. The van der Waals surface area contributed by atoms with Gasteiger partial charge in [0.1, 0.15) is 0 Å². The van der Waals surface area contributed by atoms with Crippen LogP contribution in [0.15, 0.2) is 6.20 Å². The van der Waals surface area contributed by atoms with Gasteiger partial charge in [0.25, 0.3) is 5.91 Å². The van der Waals surface area contributed by atoms with E-state index in [9.17, 15) is 4.79 Å². The van der Waals surface area contributed by atoms with Gasteiger partial charge in [0.15, 0.2) is 5.69 Å². The molecule has 0 unspecified atom stereocenters. The number of nitrogens with two attached hydrogens (primary N) is 1. The second-order valence-electron chi connectivity index (χ2n) is 4.36. The minimum atomic E-state index is -0.269. The number of aromatic nitrogens is 3. The summed E-state index contributed by atoms with van der Waals surface area (Å²) >= 11 is 0. The highest BCUT2D eigenvalue weighted by Gasteiger charge is 2.17. The van der Waals surface area contributed by atoms with Crippen LogP contribution < -0.4 is 11.1 Å². The van der Waals surface area contributed by atoms with E-state index >= 15 is 0 Å². The molecule has 0 radical (unpaired) electrons. The van der Waals surface area contributed by atoms with Crippen molar-refractivity contribution in [3.63, 3.8) is 0 Å². The third-order valence-electron chi connectivity index (χ3n) is 1.62. The molecular formula is C9H17N5O. The molecule has 0 fully saturated rings. The number of hydrogen-bond donors (Lipinski definition) is 2. The first kappa shape index (κ1) is 11.6. The van der Waals surface area contributed by atoms with Gasteiger partial charge in [-0.2, -0.15) is 0 Å². The Morgan fingerprint density at radius 1 is 1.60 bits per heavy atom. The highest BCUT2D eigenvalue weighted by Crippen LogP contribution is 2.01. The number of carbonyl (C=O) groups excluding carboxylic acids is 1. The van der Waals surface area contributed by atoms with Gasteiger partial charge in [-0.3, -0.25) is 9.48 Å². The molecular weight excluding hydrogens is 194 g/mol. The van der Waals surface area contributed by atoms with Crippen molar-refractivity contribution in [3.05, 3.63) is 11.9 Å². The molecule has 0 atom stereocenters. The number of carbonyl (C=O) groups is 1. The van der Waals surface area contributed by atoms with E-state index < -0.39 is 0 Å². The number of hydrogen-bond acceptors (Lipinski definition) is 4. The Kier molecular flexibility index (Phi) is 3.41. The Balaban J connectivity index is 2.66. The fourth-order valence-corrected chi connectivity index (χ4v) is 1.05. The molecule has 1 amide bonds. The summed E-state index contributed by atoms with van der Waals surface area (Å²) in [5, 5.41) is 10.4. The minimum absolute atomic E-state index is 0.217. The van der Waals surface area contributed by atoms with Crippen LogP contribution in [-0.4, -0.2) is 33.0 Å². The summed E-state index contributed by atoms with van der Waals surface area (Å²) in [4.78, 5) is 11.6. The summed E-state index contributed by atoms with van der Waals surface area (Å²) in [5.74, 6) is -0.217. The van der Waals surface area contributed by atoms with E-state index in [1.807, 2.05) is 20.8 Å². The Bertz CT molecular complexity index is 339. The van der Waals surface area contributed by atoms with Crippen LogP contribution in [0.1, 0.15) is 31.3 Å². The molecule has 15 heavy (non-hydrogen) atoms. The Morgan fingerprint density at radius 2 is 2.27 bits per heavy atom. The molecule has 0 saturated heterocycles. The zero-order valence-electron chi connectivity index (χ0n) is 9.32. The second-order valence-corrected chi connectivity index (χ2v) is 4.36. The first-order valence-electron chi connectivity index (χ1n) is 4.85. The molecule has 1 heterocycles. The molecule has 84 valence electrons. The molecule has 3 N–H and O–H groups in total. The molecule has 0 aliphatic carbocycles. The van der Waals surface area contributed by atoms with Gasteiger partial charge in [0.2, 0.25) is 0 Å². The molecule has 6 nitrogen and oxygen atoms in total. The van der Waals surface area contributed by atoms with Crippen molar-refractivity contribution in [2.75, 3.05) is 6.54 Å². The smallest absolute Gasteiger partial charge is 0.273 e. The van der Waals surface area contributed by atoms with Crippen molar-refractivity contribution >= 4 is 5.91 Å². The van der Waals surface area contributed by atoms with E-state index in [1.54, 1.807) is 10.9 Å². The molecule has 0 saturated carbocycles. The average Bonchev–Trinajstić information content (AvgIpc) is 2.50. The Hall–Kier alpha value is -1.43. The van der Waals surface area contributed by atoms with Crippen molar-refractivity contribution in [1.82, 2.24) is 20.3 Å². The van der Waals surface area contributed by atoms with Crippen LogP contribution in [0, 0.1) is 0 Å². The summed E-state index contributed by atoms with van der Waals surface area (Å²) < 4.78 is 1.55. The van der Waals surface area contributed by atoms with E-state index in [-0.39, 0.29) is 11.4 Å². The van der Waals surface area contributed by atoms with Gasteiger partial charge in [0, 0.05) is 12.1 Å². The first-order valence-corrected chi connectivity index (χ1v) is 4.85. The van der Waals surface area contributed by atoms with Crippen molar-refractivity contribution in [2.24, 2.45) is 5.73 Å². The second kappa shape index (κ2) is 4.39. The number of nitrogens with zero attached hydrogens (tertiary/aromatic N) is 3. The fraction of sp³-hybridized carbons (Fsp3) is 0.667. The van der Waals surface area contributed by atoms with Gasteiger partial charge in [0.05, 0.1) is 12.7 Å². The third kappa shape index (κ3) is 3.67. The van der Waals surface area contributed by atoms with E-state index in [0.717, 1.165) is 0 Å². The molecule has 0 aliphatic heterocycles. The van der Waals surface area contributed by atoms with Gasteiger partial charge in [-0.15, -0.1) is 5.10 Å². The van der Waals surface area contributed by atoms with Crippen LogP contribution in [0.3, 0.4) is 0 Å². The molecule has 0 bridgehead atoms. The van der Waals surface area contributed by atoms with Gasteiger partial charge in [-0.05, 0) is 20.8 Å². The van der Waals surface area contributed by atoms with Crippen LogP contribution in [-0.2, 0) is 6.54 Å².